The third-order valence-electron chi connectivity index (χ3n) is 6.78. The first-order valence-electron chi connectivity index (χ1n) is 10.8. The number of piperidine rings is 2. The van der Waals surface area contributed by atoms with E-state index in [-0.39, 0.29) is 11.3 Å². The third kappa shape index (κ3) is 4.18. The van der Waals surface area contributed by atoms with Gasteiger partial charge in [0.1, 0.15) is 0 Å². The monoisotopic (exact) mass is 383 g/mol. The Morgan fingerprint density at radius 3 is 2.57 bits per heavy atom. The summed E-state index contributed by atoms with van der Waals surface area (Å²) in [4.78, 5) is 31.5. The molecule has 1 atom stereocenters. The van der Waals surface area contributed by atoms with Crippen LogP contribution in [0.1, 0.15) is 50.5 Å². The largest absolute Gasteiger partial charge is 0.378 e. The molecule has 2 amide bonds. The number of carbonyl (C=O) groups excluding carboxylic acids is 2. The zero-order valence-corrected chi connectivity index (χ0v) is 17.3. The van der Waals surface area contributed by atoms with Gasteiger partial charge in [0.2, 0.25) is 11.8 Å². The highest BCUT2D eigenvalue weighted by Crippen LogP contribution is 2.42. The van der Waals surface area contributed by atoms with Crippen molar-refractivity contribution in [2.75, 3.05) is 38.6 Å². The van der Waals surface area contributed by atoms with Gasteiger partial charge in [-0.05, 0) is 56.2 Å². The lowest BCUT2D eigenvalue weighted by atomic mass is 9.73. The summed E-state index contributed by atoms with van der Waals surface area (Å²) < 4.78 is 0. The highest BCUT2D eigenvalue weighted by atomic mass is 16.2. The summed E-state index contributed by atoms with van der Waals surface area (Å²) in [5.74, 6) is 0.600. The van der Waals surface area contributed by atoms with Gasteiger partial charge in [-0.2, -0.15) is 0 Å². The van der Waals surface area contributed by atoms with E-state index in [0.29, 0.717) is 24.8 Å². The highest BCUT2D eigenvalue weighted by molar-refractivity contribution is 5.78. The molecule has 28 heavy (non-hydrogen) atoms. The standard InChI is InChI=1S/C23H33N3O2/c1-24(2)19-7-4-18(5-8-19)6-11-21(27)25-15-3-13-23(16-25)14-12-22(28)26(17-23)20-9-10-20/h4-5,7-8,20H,3,6,9-17H2,1-2H3/t23-/m1/s1. The minimum Gasteiger partial charge on any atom is -0.378 e. The highest BCUT2D eigenvalue weighted by Gasteiger charge is 2.46. The lowest BCUT2D eigenvalue weighted by Crippen LogP contribution is -2.55. The summed E-state index contributed by atoms with van der Waals surface area (Å²) >= 11 is 0. The molecule has 0 aromatic heterocycles. The van der Waals surface area contributed by atoms with E-state index in [1.165, 1.54) is 11.3 Å². The molecule has 3 fully saturated rings. The van der Waals surface area contributed by atoms with E-state index < -0.39 is 0 Å². The Labute approximate surface area is 168 Å². The summed E-state index contributed by atoms with van der Waals surface area (Å²) in [5, 5.41) is 0. The first-order chi connectivity index (χ1) is 13.5. The number of likely N-dealkylation sites (tertiary alicyclic amines) is 2. The lowest BCUT2D eigenvalue weighted by Gasteiger charge is -2.48. The van der Waals surface area contributed by atoms with Gasteiger partial charge in [0.15, 0.2) is 0 Å². The van der Waals surface area contributed by atoms with Crippen LogP contribution in [0.2, 0.25) is 0 Å². The van der Waals surface area contributed by atoms with Crippen LogP contribution in [0.25, 0.3) is 0 Å². The van der Waals surface area contributed by atoms with Crippen LogP contribution >= 0.6 is 0 Å². The van der Waals surface area contributed by atoms with Crippen LogP contribution in [0.4, 0.5) is 5.69 Å². The van der Waals surface area contributed by atoms with Crippen LogP contribution in [0.3, 0.4) is 0 Å². The van der Waals surface area contributed by atoms with Crippen molar-refractivity contribution in [2.24, 2.45) is 5.41 Å². The molecular formula is C23H33N3O2. The van der Waals surface area contributed by atoms with Gasteiger partial charge in [-0.25, -0.2) is 0 Å². The SMILES string of the molecule is CN(C)c1ccc(CCC(=O)N2CCC[C@@]3(CCC(=O)N(C4CC4)C3)C2)cc1. The molecule has 2 aliphatic heterocycles. The molecule has 4 rings (SSSR count). The van der Waals surface area contributed by atoms with Crippen LogP contribution in [-0.4, -0.2) is 61.4 Å². The molecule has 2 saturated heterocycles. The molecular weight excluding hydrogens is 350 g/mol. The zero-order valence-electron chi connectivity index (χ0n) is 17.3. The zero-order chi connectivity index (χ0) is 19.7. The van der Waals surface area contributed by atoms with Gasteiger partial charge in [-0.1, -0.05) is 12.1 Å². The number of rotatable bonds is 5. The fourth-order valence-corrected chi connectivity index (χ4v) is 4.89. The van der Waals surface area contributed by atoms with Gasteiger partial charge in [0, 0.05) is 63.7 Å². The number of aryl methyl sites for hydroxylation is 1. The van der Waals surface area contributed by atoms with Gasteiger partial charge < -0.3 is 14.7 Å². The maximum atomic E-state index is 12.9. The number of anilines is 1. The van der Waals surface area contributed by atoms with E-state index >= 15 is 0 Å². The summed E-state index contributed by atoms with van der Waals surface area (Å²) in [7, 11) is 4.07. The molecule has 1 saturated carbocycles. The number of carbonyl (C=O) groups is 2. The van der Waals surface area contributed by atoms with Crippen LogP contribution in [-0.2, 0) is 16.0 Å². The second kappa shape index (κ2) is 7.76. The molecule has 1 spiro atoms. The smallest absolute Gasteiger partial charge is 0.222 e. The Kier molecular flexibility index (Phi) is 5.35. The normalized spacial score (nSPS) is 25.3. The Bertz CT molecular complexity index is 726. The van der Waals surface area contributed by atoms with Crippen LogP contribution in [0.5, 0.6) is 0 Å². The fraction of sp³-hybridized carbons (Fsp3) is 0.652. The van der Waals surface area contributed by atoms with Crippen molar-refractivity contribution < 1.29 is 9.59 Å². The predicted molar refractivity (Wildman–Crippen MR) is 111 cm³/mol. The van der Waals surface area contributed by atoms with Crippen molar-refractivity contribution in [1.29, 1.82) is 0 Å². The number of hydrogen-bond acceptors (Lipinski definition) is 3. The van der Waals surface area contributed by atoms with Gasteiger partial charge in [0.05, 0.1) is 0 Å². The van der Waals surface area contributed by atoms with Crippen LogP contribution in [0.15, 0.2) is 24.3 Å². The van der Waals surface area contributed by atoms with E-state index in [4.69, 9.17) is 0 Å². The van der Waals surface area contributed by atoms with E-state index in [0.717, 1.165) is 58.2 Å². The number of nitrogens with zero attached hydrogens (tertiary/aromatic N) is 3. The minimum atomic E-state index is 0.137. The molecule has 0 bridgehead atoms. The first kappa shape index (κ1) is 19.3. The molecule has 1 aromatic carbocycles. The van der Waals surface area contributed by atoms with Crippen molar-refractivity contribution in [3.05, 3.63) is 29.8 Å². The maximum absolute atomic E-state index is 12.9. The molecule has 0 unspecified atom stereocenters. The topological polar surface area (TPSA) is 43.9 Å². The Hall–Kier alpha value is -2.04. The molecule has 5 nitrogen and oxygen atoms in total. The Morgan fingerprint density at radius 2 is 1.89 bits per heavy atom. The van der Waals surface area contributed by atoms with Crippen molar-refractivity contribution in [3.8, 4) is 0 Å². The second-order valence-electron chi connectivity index (χ2n) is 9.23. The molecule has 3 aliphatic rings. The van der Waals surface area contributed by atoms with E-state index in [9.17, 15) is 9.59 Å². The van der Waals surface area contributed by atoms with Gasteiger partial charge in [-0.3, -0.25) is 9.59 Å². The second-order valence-corrected chi connectivity index (χ2v) is 9.23. The average molecular weight is 384 g/mol. The van der Waals surface area contributed by atoms with Crippen LogP contribution in [0, 0.1) is 5.41 Å². The number of benzene rings is 1. The summed E-state index contributed by atoms with van der Waals surface area (Å²) in [6, 6.07) is 8.96. The summed E-state index contributed by atoms with van der Waals surface area (Å²) in [6.45, 7) is 2.58. The van der Waals surface area contributed by atoms with Gasteiger partial charge in [0.25, 0.3) is 0 Å². The molecule has 152 valence electrons. The average Bonchev–Trinajstić information content (AvgIpc) is 3.54. The maximum Gasteiger partial charge on any atom is 0.222 e. The number of amides is 2. The third-order valence-corrected chi connectivity index (χ3v) is 6.78. The quantitative estimate of drug-likeness (QED) is 0.785. The molecule has 5 heteroatoms. The van der Waals surface area contributed by atoms with Crippen molar-refractivity contribution in [3.63, 3.8) is 0 Å². The summed E-state index contributed by atoms with van der Waals surface area (Å²) in [5.41, 5.74) is 2.53. The van der Waals surface area contributed by atoms with Crippen molar-refractivity contribution in [2.45, 2.75) is 57.4 Å². The van der Waals surface area contributed by atoms with E-state index in [2.05, 4.69) is 39.0 Å². The summed E-state index contributed by atoms with van der Waals surface area (Å²) in [6.07, 6.45) is 7.52. The predicted octanol–water partition coefficient (Wildman–Crippen LogP) is 3.08. The molecule has 1 aliphatic carbocycles. The lowest BCUT2D eigenvalue weighted by molar-refractivity contribution is -0.143. The van der Waals surface area contributed by atoms with Gasteiger partial charge in [-0.15, -0.1) is 0 Å². The van der Waals surface area contributed by atoms with Crippen LogP contribution < -0.4 is 4.90 Å². The number of hydrogen-bond donors (Lipinski definition) is 0. The van der Waals surface area contributed by atoms with Crippen molar-refractivity contribution >= 4 is 17.5 Å². The minimum absolute atomic E-state index is 0.137. The molecule has 0 N–H and O–H groups in total. The first-order valence-corrected chi connectivity index (χ1v) is 10.8. The van der Waals surface area contributed by atoms with Gasteiger partial charge >= 0.3 is 0 Å². The van der Waals surface area contributed by atoms with E-state index in [1.807, 2.05) is 14.1 Å². The fourth-order valence-electron chi connectivity index (χ4n) is 4.89. The Morgan fingerprint density at radius 1 is 1.14 bits per heavy atom. The molecule has 2 heterocycles. The molecule has 0 radical (unpaired) electrons. The van der Waals surface area contributed by atoms with E-state index in [1.54, 1.807) is 0 Å². The Balaban J connectivity index is 1.33. The van der Waals surface area contributed by atoms with Crippen molar-refractivity contribution in [1.82, 2.24) is 9.80 Å². The molecule has 1 aromatic rings.